The largest absolute Gasteiger partial charge is 0.465 e. The Bertz CT molecular complexity index is 375. The zero-order valence-electron chi connectivity index (χ0n) is 9.94. The van der Waals surface area contributed by atoms with Gasteiger partial charge >= 0.3 is 5.97 Å². The van der Waals surface area contributed by atoms with Crippen molar-refractivity contribution in [1.29, 1.82) is 0 Å². The lowest BCUT2D eigenvalue weighted by atomic mass is 9.88. The first-order valence-electron chi connectivity index (χ1n) is 5.71. The number of ether oxygens (including phenoxy) is 1. The van der Waals surface area contributed by atoms with Gasteiger partial charge in [0.05, 0.1) is 12.7 Å². The quantitative estimate of drug-likeness (QED) is 0.825. The molecule has 1 atom stereocenters. The lowest BCUT2D eigenvalue weighted by Crippen LogP contribution is -2.29. The van der Waals surface area contributed by atoms with Crippen LogP contribution in [0.5, 0.6) is 0 Å². The summed E-state index contributed by atoms with van der Waals surface area (Å²) in [6.07, 6.45) is 2.31. The predicted octanol–water partition coefficient (Wildman–Crippen LogP) is 2.36. The molecule has 0 bridgehead atoms. The molecule has 1 N–H and O–H groups in total. The molecule has 1 heterocycles. The van der Waals surface area contributed by atoms with Crippen LogP contribution in [0.1, 0.15) is 34.7 Å². The highest BCUT2D eigenvalue weighted by Gasteiger charge is 2.20. The fourth-order valence-corrected chi connectivity index (χ4v) is 2.27. The van der Waals surface area contributed by atoms with Crippen LogP contribution in [-0.4, -0.2) is 26.2 Å². The molecule has 1 fully saturated rings. The van der Waals surface area contributed by atoms with E-state index in [4.69, 9.17) is 4.74 Å². The summed E-state index contributed by atoms with van der Waals surface area (Å²) in [5.74, 6) is 0.199. The van der Waals surface area contributed by atoms with Crippen molar-refractivity contribution in [1.82, 2.24) is 5.32 Å². The second-order valence-electron chi connectivity index (χ2n) is 4.12. The summed E-state index contributed by atoms with van der Waals surface area (Å²) < 4.78 is 4.81. The lowest BCUT2D eigenvalue weighted by molar-refractivity contribution is 0.0598. The van der Waals surface area contributed by atoms with Crippen LogP contribution in [0.25, 0.3) is 0 Å². The maximum Gasteiger partial charge on any atom is 0.338 e. The Balaban J connectivity index is 0.00000144. The van der Waals surface area contributed by atoms with Gasteiger partial charge in [0.25, 0.3) is 0 Å². The topological polar surface area (TPSA) is 38.3 Å². The molecular weight excluding hydrogens is 238 g/mol. The number of piperidine rings is 1. The van der Waals surface area contributed by atoms with Gasteiger partial charge in [0, 0.05) is 6.54 Å². The van der Waals surface area contributed by atoms with Gasteiger partial charge < -0.3 is 10.1 Å². The Morgan fingerprint density at radius 2 is 2.18 bits per heavy atom. The van der Waals surface area contributed by atoms with Gasteiger partial charge in [-0.05, 0) is 36.9 Å². The SMILES string of the molecule is COC(=O)c1ccccc1C1CCCNC1.Cl. The number of methoxy groups -OCH3 is 1. The summed E-state index contributed by atoms with van der Waals surface area (Å²) in [5.41, 5.74) is 1.82. The van der Waals surface area contributed by atoms with E-state index in [9.17, 15) is 4.79 Å². The normalized spacial score (nSPS) is 19.2. The number of carbonyl (C=O) groups is 1. The molecule has 0 aliphatic carbocycles. The smallest absolute Gasteiger partial charge is 0.338 e. The average Bonchev–Trinajstić information content (AvgIpc) is 2.39. The van der Waals surface area contributed by atoms with E-state index in [0.29, 0.717) is 11.5 Å². The van der Waals surface area contributed by atoms with Crippen molar-refractivity contribution < 1.29 is 9.53 Å². The van der Waals surface area contributed by atoms with Gasteiger partial charge in [-0.3, -0.25) is 0 Å². The van der Waals surface area contributed by atoms with Crippen LogP contribution in [-0.2, 0) is 4.74 Å². The standard InChI is InChI=1S/C13H17NO2.ClH/c1-16-13(15)12-7-3-2-6-11(12)10-5-4-8-14-9-10;/h2-3,6-7,10,14H,4-5,8-9H2,1H3;1H. The van der Waals surface area contributed by atoms with Crippen LogP contribution in [0.15, 0.2) is 24.3 Å². The zero-order chi connectivity index (χ0) is 11.4. The number of esters is 1. The monoisotopic (exact) mass is 255 g/mol. The summed E-state index contributed by atoms with van der Waals surface area (Å²) in [5, 5.41) is 3.37. The van der Waals surface area contributed by atoms with Gasteiger partial charge in [-0.25, -0.2) is 4.79 Å². The van der Waals surface area contributed by atoms with Gasteiger partial charge in [0.2, 0.25) is 0 Å². The summed E-state index contributed by atoms with van der Waals surface area (Å²) in [6, 6.07) is 7.74. The van der Waals surface area contributed by atoms with E-state index in [1.165, 1.54) is 13.5 Å². The van der Waals surface area contributed by atoms with Crippen molar-refractivity contribution in [3.63, 3.8) is 0 Å². The van der Waals surface area contributed by atoms with E-state index in [2.05, 4.69) is 5.32 Å². The molecule has 2 rings (SSSR count). The minimum atomic E-state index is -0.235. The van der Waals surface area contributed by atoms with Gasteiger partial charge in [0.15, 0.2) is 0 Å². The molecule has 1 aliphatic heterocycles. The third kappa shape index (κ3) is 3.20. The molecule has 0 spiro atoms. The molecule has 1 aromatic rings. The van der Waals surface area contributed by atoms with Gasteiger partial charge in [-0.15, -0.1) is 12.4 Å². The highest BCUT2D eigenvalue weighted by atomic mass is 35.5. The van der Waals surface area contributed by atoms with Crippen LogP contribution in [0.4, 0.5) is 0 Å². The zero-order valence-corrected chi connectivity index (χ0v) is 10.8. The third-order valence-electron chi connectivity index (χ3n) is 3.10. The van der Waals surface area contributed by atoms with Crippen LogP contribution in [0.2, 0.25) is 0 Å². The van der Waals surface area contributed by atoms with Crippen molar-refractivity contribution in [2.45, 2.75) is 18.8 Å². The number of carbonyl (C=O) groups excluding carboxylic acids is 1. The maximum atomic E-state index is 11.6. The van der Waals surface area contributed by atoms with Crippen molar-refractivity contribution in [3.8, 4) is 0 Å². The van der Waals surface area contributed by atoms with Crippen LogP contribution in [0.3, 0.4) is 0 Å². The molecule has 1 saturated heterocycles. The van der Waals surface area contributed by atoms with Crippen LogP contribution >= 0.6 is 12.4 Å². The molecule has 4 heteroatoms. The molecule has 3 nitrogen and oxygen atoms in total. The molecule has 1 aliphatic rings. The molecule has 0 amide bonds. The predicted molar refractivity (Wildman–Crippen MR) is 69.9 cm³/mol. The number of hydrogen-bond acceptors (Lipinski definition) is 3. The Morgan fingerprint density at radius 1 is 1.41 bits per heavy atom. The first kappa shape index (κ1) is 14.0. The summed E-state index contributed by atoms with van der Waals surface area (Å²) in [7, 11) is 1.43. The first-order chi connectivity index (χ1) is 7.83. The van der Waals surface area contributed by atoms with Gasteiger partial charge in [-0.2, -0.15) is 0 Å². The third-order valence-corrected chi connectivity index (χ3v) is 3.10. The Labute approximate surface area is 108 Å². The Morgan fingerprint density at radius 3 is 2.82 bits per heavy atom. The van der Waals surface area contributed by atoms with Crippen molar-refractivity contribution in [2.24, 2.45) is 0 Å². The molecule has 0 saturated carbocycles. The van der Waals surface area contributed by atoms with Crippen LogP contribution in [0, 0.1) is 0 Å². The number of nitrogens with one attached hydrogen (secondary N) is 1. The van der Waals surface area contributed by atoms with E-state index >= 15 is 0 Å². The molecule has 17 heavy (non-hydrogen) atoms. The average molecular weight is 256 g/mol. The lowest BCUT2D eigenvalue weighted by Gasteiger charge is -2.24. The summed E-state index contributed by atoms with van der Waals surface area (Å²) in [4.78, 5) is 11.6. The van der Waals surface area contributed by atoms with E-state index < -0.39 is 0 Å². The number of halogens is 1. The van der Waals surface area contributed by atoms with Gasteiger partial charge in [-0.1, -0.05) is 18.2 Å². The van der Waals surface area contributed by atoms with E-state index in [0.717, 1.165) is 25.1 Å². The van der Waals surface area contributed by atoms with Crippen LogP contribution < -0.4 is 5.32 Å². The number of rotatable bonds is 2. The molecule has 0 radical (unpaired) electrons. The van der Waals surface area contributed by atoms with E-state index in [-0.39, 0.29) is 18.4 Å². The Hall–Kier alpha value is -1.06. The molecule has 1 aromatic carbocycles. The number of benzene rings is 1. The summed E-state index contributed by atoms with van der Waals surface area (Å²) in [6.45, 7) is 2.03. The maximum absolute atomic E-state index is 11.6. The second-order valence-corrected chi connectivity index (χ2v) is 4.12. The molecule has 94 valence electrons. The van der Waals surface area contributed by atoms with Gasteiger partial charge in [0.1, 0.15) is 0 Å². The van der Waals surface area contributed by atoms with E-state index in [1.807, 2.05) is 24.3 Å². The first-order valence-corrected chi connectivity index (χ1v) is 5.71. The fraction of sp³-hybridized carbons (Fsp3) is 0.462. The minimum Gasteiger partial charge on any atom is -0.465 e. The number of hydrogen-bond donors (Lipinski definition) is 1. The van der Waals surface area contributed by atoms with Crippen molar-refractivity contribution in [2.75, 3.05) is 20.2 Å². The fourth-order valence-electron chi connectivity index (χ4n) is 2.27. The van der Waals surface area contributed by atoms with Crippen molar-refractivity contribution in [3.05, 3.63) is 35.4 Å². The second kappa shape index (κ2) is 6.62. The molecule has 1 unspecified atom stereocenters. The Kier molecular flexibility index (Phi) is 5.45. The van der Waals surface area contributed by atoms with E-state index in [1.54, 1.807) is 0 Å². The minimum absolute atomic E-state index is 0. The highest BCUT2D eigenvalue weighted by molar-refractivity contribution is 5.91. The highest BCUT2D eigenvalue weighted by Crippen LogP contribution is 2.26. The molecule has 0 aromatic heterocycles. The van der Waals surface area contributed by atoms with Crippen molar-refractivity contribution >= 4 is 18.4 Å². The summed E-state index contributed by atoms with van der Waals surface area (Å²) >= 11 is 0. The molecular formula is C13H18ClNO2.